The molecule has 1 aliphatic rings. The van der Waals surface area contributed by atoms with Gasteiger partial charge in [0, 0.05) is 0 Å². The summed E-state index contributed by atoms with van der Waals surface area (Å²) in [5.74, 6) is -1.04. The van der Waals surface area contributed by atoms with Gasteiger partial charge in [-0.3, -0.25) is 9.69 Å². The maximum absolute atomic E-state index is 14.3. The Morgan fingerprint density at radius 3 is 2.67 bits per heavy atom. The number of carbonyl (C=O) groups excluding carboxylic acids is 1. The van der Waals surface area contributed by atoms with Gasteiger partial charge >= 0.3 is 0 Å². The Kier molecular flexibility index (Phi) is 5.85. The van der Waals surface area contributed by atoms with Crippen molar-refractivity contribution >= 4 is 57.8 Å². The maximum atomic E-state index is 14.3. The van der Waals surface area contributed by atoms with Crippen LogP contribution in [0.4, 0.5) is 10.1 Å². The molecule has 1 amide bonds. The second kappa shape index (κ2) is 8.13. The van der Waals surface area contributed by atoms with E-state index < -0.39 is 17.0 Å². The Labute approximate surface area is 169 Å². The van der Waals surface area contributed by atoms with Crippen molar-refractivity contribution < 1.29 is 9.18 Å². The molecule has 0 unspecified atom stereocenters. The number of amides is 1. The summed E-state index contributed by atoms with van der Waals surface area (Å²) >= 11 is 13.0. The van der Waals surface area contributed by atoms with E-state index in [1.165, 1.54) is 23.1 Å². The Morgan fingerprint density at radius 1 is 1.26 bits per heavy atom. The fourth-order valence-electron chi connectivity index (χ4n) is 2.37. The van der Waals surface area contributed by atoms with E-state index in [0.717, 1.165) is 11.8 Å². The van der Waals surface area contributed by atoms with Crippen molar-refractivity contribution in [2.24, 2.45) is 4.99 Å². The molecule has 136 valence electrons. The first-order valence-electron chi connectivity index (χ1n) is 7.81. The minimum absolute atomic E-state index is 0.0800. The second-order valence-corrected chi connectivity index (χ2v) is 7.70. The van der Waals surface area contributed by atoms with Gasteiger partial charge in [0.05, 0.1) is 27.1 Å². The third-order valence-corrected chi connectivity index (χ3v) is 5.32. The average molecular weight is 420 g/mol. The maximum Gasteiger partial charge on any atom is 0.283 e. The SMILES string of the molecule is C[C@@H](C#N)SC1=N/C(=C\c2ccc(Cl)c(Cl)c2)C(=O)N1c1ccccc1F. The van der Waals surface area contributed by atoms with E-state index in [-0.39, 0.29) is 16.6 Å². The zero-order valence-electron chi connectivity index (χ0n) is 14.0. The number of para-hydroxylation sites is 1. The van der Waals surface area contributed by atoms with Crippen LogP contribution in [-0.2, 0) is 4.79 Å². The predicted molar refractivity (Wildman–Crippen MR) is 108 cm³/mol. The number of nitrogens with zero attached hydrogens (tertiary/aromatic N) is 3. The molecule has 0 bridgehead atoms. The summed E-state index contributed by atoms with van der Waals surface area (Å²) in [7, 11) is 0. The van der Waals surface area contributed by atoms with Gasteiger partial charge in [-0.2, -0.15) is 5.26 Å². The molecule has 1 aliphatic heterocycles. The molecule has 0 saturated heterocycles. The monoisotopic (exact) mass is 419 g/mol. The molecule has 0 spiro atoms. The molecular formula is C19H12Cl2FN3OS. The molecule has 0 radical (unpaired) electrons. The molecule has 0 aliphatic carbocycles. The van der Waals surface area contributed by atoms with Crippen molar-refractivity contribution in [2.75, 3.05) is 4.90 Å². The third kappa shape index (κ3) is 4.16. The van der Waals surface area contributed by atoms with Gasteiger partial charge in [0.2, 0.25) is 0 Å². The Bertz CT molecular complexity index is 1020. The van der Waals surface area contributed by atoms with E-state index in [0.29, 0.717) is 15.6 Å². The fraction of sp³-hybridized carbons (Fsp3) is 0.105. The molecule has 2 aromatic carbocycles. The molecule has 1 heterocycles. The minimum Gasteiger partial charge on any atom is -0.266 e. The molecule has 2 aromatic rings. The van der Waals surface area contributed by atoms with E-state index in [1.807, 2.05) is 0 Å². The van der Waals surface area contributed by atoms with E-state index in [1.54, 1.807) is 37.3 Å². The van der Waals surface area contributed by atoms with E-state index in [2.05, 4.69) is 11.1 Å². The first kappa shape index (κ1) is 19.4. The summed E-state index contributed by atoms with van der Waals surface area (Å²) in [5, 5.41) is 9.61. The number of nitriles is 1. The normalized spacial score (nSPS) is 16.4. The average Bonchev–Trinajstić information content (AvgIpc) is 2.93. The lowest BCUT2D eigenvalue weighted by atomic mass is 10.2. The quantitative estimate of drug-likeness (QED) is 0.615. The van der Waals surface area contributed by atoms with Crippen LogP contribution in [0.3, 0.4) is 0 Å². The van der Waals surface area contributed by atoms with Crippen molar-refractivity contribution in [1.29, 1.82) is 5.26 Å². The van der Waals surface area contributed by atoms with Crippen LogP contribution in [0, 0.1) is 17.1 Å². The van der Waals surface area contributed by atoms with E-state index >= 15 is 0 Å². The van der Waals surface area contributed by atoms with Crippen LogP contribution in [0.5, 0.6) is 0 Å². The number of benzene rings is 2. The molecule has 0 aromatic heterocycles. The van der Waals surface area contributed by atoms with Crippen LogP contribution in [-0.4, -0.2) is 16.3 Å². The molecule has 0 fully saturated rings. The smallest absolute Gasteiger partial charge is 0.266 e. The van der Waals surface area contributed by atoms with Crippen molar-refractivity contribution in [2.45, 2.75) is 12.2 Å². The second-order valence-electron chi connectivity index (χ2n) is 5.58. The van der Waals surface area contributed by atoms with Gasteiger partial charge in [-0.05, 0) is 42.8 Å². The first-order chi connectivity index (χ1) is 12.9. The summed E-state index contributed by atoms with van der Waals surface area (Å²) in [4.78, 5) is 18.4. The standard InChI is InChI=1S/C19H12Cl2FN3OS/c1-11(10-23)27-19-24-16(9-12-6-7-13(20)14(21)8-12)18(26)25(19)17-5-3-2-4-15(17)22/h2-9,11H,1H3/b16-9-/t11-/m0/s1. The first-order valence-corrected chi connectivity index (χ1v) is 9.45. The van der Waals surface area contributed by atoms with Gasteiger partial charge in [-0.1, -0.05) is 53.2 Å². The van der Waals surface area contributed by atoms with Gasteiger partial charge in [0.1, 0.15) is 11.5 Å². The number of amidine groups is 1. The van der Waals surface area contributed by atoms with Crippen LogP contribution in [0.15, 0.2) is 53.2 Å². The number of halogens is 3. The summed E-state index contributed by atoms with van der Waals surface area (Å²) in [6.07, 6.45) is 1.54. The lowest BCUT2D eigenvalue weighted by Crippen LogP contribution is -2.31. The van der Waals surface area contributed by atoms with Crippen LogP contribution in [0.25, 0.3) is 6.08 Å². The van der Waals surface area contributed by atoms with Gasteiger partial charge in [-0.15, -0.1) is 0 Å². The minimum atomic E-state index is -0.556. The number of thioether (sulfide) groups is 1. The van der Waals surface area contributed by atoms with Crippen LogP contribution in [0.1, 0.15) is 12.5 Å². The molecule has 27 heavy (non-hydrogen) atoms. The van der Waals surface area contributed by atoms with Crippen molar-refractivity contribution in [1.82, 2.24) is 0 Å². The Hall–Kier alpha value is -2.33. The Balaban J connectivity index is 2.05. The van der Waals surface area contributed by atoms with Crippen molar-refractivity contribution in [3.8, 4) is 6.07 Å². The van der Waals surface area contributed by atoms with Crippen LogP contribution >= 0.6 is 35.0 Å². The third-order valence-electron chi connectivity index (χ3n) is 3.63. The summed E-state index contributed by atoms with van der Waals surface area (Å²) in [5.41, 5.74) is 0.824. The number of hydrogen-bond acceptors (Lipinski definition) is 4. The molecule has 4 nitrogen and oxygen atoms in total. The largest absolute Gasteiger partial charge is 0.283 e. The number of aliphatic imine (C=N–C) groups is 1. The van der Waals surface area contributed by atoms with Gasteiger partial charge < -0.3 is 0 Å². The Morgan fingerprint density at radius 2 is 2.00 bits per heavy atom. The topological polar surface area (TPSA) is 56.5 Å². The summed E-state index contributed by atoms with van der Waals surface area (Å²) in [6.45, 7) is 1.68. The van der Waals surface area contributed by atoms with Crippen LogP contribution in [0.2, 0.25) is 10.0 Å². The number of hydrogen-bond donors (Lipinski definition) is 0. The molecule has 1 atom stereocenters. The molecule has 0 saturated carbocycles. The zero-order valence-corrected chi connectivity index (χ0v) is 16.3. The molecule has 0 N–H and O–H groups in total. The van der Waals surface area contributed by atoms with Crippen molar-refractivity contribution in [3.63, 3.8) is 0 Å². The number of carbonyl (C=O) groups is 1. The zero-order chi connectivity index (χ0) is 19.6. The highest BCUT2D eigenvalue weighted by atomic mass is 35.5. The highest BCUT2D eigenvalue weighted by Crippen LogP contribution is 2.33. The van der Waals surface area contributed by atoms with Crippen molar-refractivity contribution in [3.05, 3.63) is 69.6 Å². The van der Waals surface area contributed by atoms with Gasteiger partial charge in [0.25, 0.3) is 5.91 Å². The highest BCUT2D eigenvalue weighted by molar-refractivity contribution is 8.15. The number of rotatable bonds is 3. The fourth-order valence-corrected chi connectivity index (χ4v) is 3.48. The molecule has 8 heteroatoms. The van der Waals surface area contributed by atoms with Gasteiger partial charge in [-0.25, -0.2) is 9.38 Å². The van der Waals surface area contributed by atoms with E-state index in [9.17, 15) is 9.18 Å². The van der Waals surface area contributed by atoms with Gasteiger partial charge in [0.15, 0.2) is 5.17 Å². The molecular weight excluding hydrogens is 408 g/mol. The predicted octanol–water partition coefficient (Wildman–Crippen LogP) is 5.52. The van der Waals surface area contributed by atoms with E-state index in [4.69, 9.17) is 28.5 Å². The highest BCUT2D eigenvalue weighted by Gasteiger charge is 2.34. The molecule has 3 rings (SSSR count). The summed E-state index contributed by atoms with van der Waals surface area (Å²) in [6, 6.07) is 12.9. The summed E-state index contributed by atoms with van der Waals surface area (Å²) < 4.78 is 14.3. The number of anilines is 1. The lowest BCUT2D eigenvalue weighted by Gasteiger charge is -2.18. The van der Waals surface area contributed by atoms with Crippen LogP contribution < -0.4 is 4.90 Å². The lowest BCUT2D eigenvalue weighted by molar-refractivity contribution is -0.113.